The van der Waals surface area contributed by atoms with Crippen LogP contribution in [0, 0.1) is 0 Å². The fourth-order valence-electron chi connectivity index (χ4n) is 1.88. The molecular weight excluding hydrogens is 315 g/mol. The number of hydrogen-bond acceptors (Lipinski definition) is 2. The molecule has 7 heteroatoms. The van der Waals surface area contributed by atoms with E-state index in [9.17, 15) is 14.7 Å². The minimum atomic E-state index is -1.21. The largest absolute Gasteiger partial charge is 0.478 e. The first-order valence-corrected chi connectivity index (χ1v) is 7.29. The highest BCUT2D eigenvalue weighted by Crippen LogP contribution is 2.30. The van der Waals surface area contributed by atoms with Crippen LogP contribution in [-0.4, -0.2) is 35.1 Å². The molecule has 0 radical (unpaired) electrons. The number of carboxylic acids is 1. The summed E-state index contributed by atoms with van der Waals surface area (Å²) in [7, 11) is 1.65. The van der Waals surface area contributed by atoms with E-state index in [4.69, 9.17) is 23.2 Å². The fraction of sp³-hybridized carbons (Fsp3) is 0.429. The summed E-state index contributed by atoms with van der Waals surface area (Å²) < 4.78 is 0. The summed E-state index contributed by atoms with van der Waals surface area (Å²) in [6, 6.07) is 2.26. The summed E-state index contributed by atoms with van der Waals surface area (Å²) >= 11 is 11.8. The van der Waals surface area contributed by atoms with Gasteiger partial charge in [0.05, 0.1) is 16.3 Å². The predicted molar refractivity (Wildman–Crippen MR) is 84.6 cm³/mol. The van der Waals surface area contributed by atoms with E-state index < -0.39 is 12.0 Å². The van der Waals surface area contributed by atoms with Crippen molar-refractivity contribution in [2.24, 2.45) is 0 Å². The molecule has 1 unspecified atom stereocenters. The van der Waals surface area contributed by atoms with E-state index in [-0.39, 0.29) is 27.3 Å². The van der Waals surface area contributed by atoms with E-state index >= 15 is 0 Å². The Bertz CT molecular complexity index is 549. The molecule has 1 atom stereocenters. The Morgan fingerprint density at radius 2 is 2.00 bits per heavy atom. The standard InChI is InChI=1S/C14H18Cl2N2O3/c1-4-5-8(2)18(3)14(21)17-12-10(13(19)20)6-9(15)7-11(12)16/h6-8H,4-5H2,1-3H3,(H,17,21)(H,19,20). The number of nitrogens with zero attached hydrogens (tertiary/aromatic N) is 1. The van der Waals surface area contributed by atoms with Gasteiger partial charge in [0.25, 0.3) is 0 Å². The molecule has 0 heterocycles. The van der Waals surface area contributed by atoms with Crippen LogP contribution in [0.4, 0.5) is 10.5 Å². The Kier molecular flexibility index (Phi) is 6.30. The first kappa shape index (κ1) is 17.6. The van der Waals surface area contributed by atoms with Crippen LogP contribution in [0.1, 0.15) is 37.0 Å². The number of aromatic carboxylic acids is 1. The topological polar surface area (TPSA) is 69.6 Å². The molecule has 0 aliphatic heterocycles. The van der Waals surface area contributed by atoms with Crippen molar-refractivity contribution < 1.29 is 14.7 Å². The Hall–Kier alpha value is -1.46. The van der Waals surface area contributed by atoms with Crippen molar-refractivity contribution in [3.63, 3.8) is 0 Å². The van der Waals surface area contributed by atoms with Crippen LogP contribution >= 0.6 is 23.2 Å². The molecule has 0 bridgehead atoms. The van der Waals surface area contributed by atoms with Crippen molar-refractivity contribution in [2.75, 3.05) is 12.4 Å². The van der Waals surface area contributed by atoms with Gasteiger partial charge in [-0.05, 0) is 25.5 Å². The molecular formula is C14H18Cl2N2O3. The number of halogens is 2. The van der Waals surface area contributed by atoms with Crippen molar-refractivity contribution in [2.45, 2.75) is 32.7 Å². The molecule has 1 aromatic rings. The number of benzene rings is 1. The number of amides is 2. The average Bonchev–Trinajstić information content (AvgIpc) is 2.40. The molecule has 2 amide bonds. The SMILES string of the molecule is CCCC(C)N(C)C(=O)Nc1c(Cl)cc(Cl)cc1C(=O)O. The molecule has 0 saturated carbocycles. The van der Waals surface area contributed by atoms with Crippen LogP contribution in [0.25, 0.3) is 0 Å². The monoisotopic (exact) mass is 332 g/mol. The number of rotatable bonds is 5. The number of anilines is 1. The van der Waals surface area contributed by atoms with Gasteiger partial charge >= 0.3 is 12.0 Å². The number of carboxylic acid groups (broad SMARTS) is 1. The lowest BCUT2D eigenvalue weighted by molar-refractivity contribution is 0.0698. The number of urea groups is 1. The Morgan fingerprint density at radius 3 is 2.52 bits per heavy atom. The molecule has 1 rings (SSSR count). The summed E-state index contributed by atoms with van der Waals surface area (Å²) in [5.74, 6) is -1.21. The van der Waals surface area contributed by atoms with E-state index in [1.807, 2.05) is 13.8 Å². The number of hydrogen-bond donors (Lipinski definition) is 2. The maximum Gasteiger partial charge on any atom is 0.337 e. The maximum absolute atomic E-state index is 12.2. The van der Waals surface area contributed by atoms with Gasteiger partial charge in [0.15, 0.2) is 0 Å². The first-order valence-electron chi connectivity index (χ1n) is 6.54. The van der Waals surface area contributed by atoms with Crippen LogP contribution in [0.15, 0.2) is 12.1 Å². The summed E-state index contributed by atoms with van der Waals surface area (Å²) in [4.78, 5) is 24.9. The summed E-state index contributed by atoms with van der Waals surface area (Å²) in [6.45, 7) is 3.95. The normalized spacial score (nSPS) is 11.9. The zero-order valence-corrected chi connectivity index (χ0v) is 13.6. The van der Waals surface area contributed by atoms with Crippen LogP contribution in [0.3, 0.4) is 0 Å². The summed E-state index contributed by atoms with van der Waals surface area (Å²) in [5.41, 5.74) is -0.0912. The Morgan fingerprint density at radius 1 is 1.38 bits per heavy atom. The Labute approximate surface area is 133 Å². The second kappa shape index (κ2) is 7.52. The second-order valence-electron chi connectivity index (χ2n) is 4.79. The predicted octanol–water partition coefficient (Wildman–Crippen LogP) is 4.34. The van der Waals surface area contributed by atoms with E-state index in [0.29, 0.717) is 0 Å². The molecule has 0 aromatic heterocycles. The van der Waals surface area contributed by atoms with Gasteiger partial charge in [0.1, 0.15) is 0 Å². The van der Waals surface area contributed by atoms with Gasteiger partial charge in [0.2, 0.25) is 0 Å². The number of nitrogens with one attached hydrogen (secondary N) is 1. The first-order chi connectivity index (χ1) is 9.77. The average molecular weight is 333 g/mol. The van der Waals surface area contributed by atoms with Crippen molar-refractivity contribution >= 4 is 40.9 Å². The summed E-state index contributed by atoms with van der Waals surface area (Å²) in [5, 5.41) is 12.0. The second-order valence-corrected chi connectivity index (χ2v) is 5.64. The van der Waals surface area contributed by atoms with Crippen molar-refractivity contribution in [1.82, 2.24) is 4.90 Å². The smallest absolute Gasteiger partial charge is 0.337 e. The van der Waals surface area contributed by atoms with Gasteiger partial charge in [0, 0.05) is 18.1 Å². The summed E-state index contributed by atoms with van der Waals surface area (Å²) in [6.07, 6.45) is 1.80. The third-order valence-corrected chi connectivity index (χ3v) is 3.72. The highest BCUT2D eigenvalue weighted by Gasteiger charge is 2.20. The highest BCUT2D eigenvalue weighted by atomic mass is 35.5. The van der Waals surface area contributed by atoms with Gasteiger partial charge in [-0.25, -0.2) is 9.59 Å². The maximum atomic E-state index is 12.2. The third-order valence-electron chi connectivity index (χ3n) is 3.21. The van der Waals surface area contributed by atoms with Gasteiger partial charge in [-0.2, -0.15) is 0 Å². The molecule has 0 aliphatic rings. The van der Waals surface area contributed by atoms with Gasteiger partial charge in [-0.3, -0.25) is 0 Å². The molecule has 1 aromatic carbocycles. The van der Waals surface area contributed by atoms with E-state index in [2.05, 4.69) is 5.32 Å². The molecule has 116 valence electrons. The van der Waals surface area contributed by atoms with Gasteiger partial charge in [-0.15, -0.1) is 0 Å². The van der Waals surface area contributed by atoms with E-state index in [1.54, 1.807) is 7.05 Å². The lowest BCUT2D eigenvalue weighted by atomic mass is 10.1. The van der Waals surface area contributed by atoms with Crippen molar-refractivity contribution in [1.29, 1.82) is 0 Å². The molecule has 0 saturated heterocycles. The quantitative estimate of drug-likeness (QED) is 0.842. The lowest BCUT2D eigenvalue weighted by Crippen LogP contribution is -2.38. The zero-order chi connectivity index (χ0) is 16.2. The van der Waals surface area contributed by atoms with Crippen LogP contribution in [0.2, 0.25) is 10.0 Å². The number of carbonyl (C=O) groups is 2. The molecule has 2 N–H and O–H groups in total. The van der Waals surface area contributed by atoms with E-state index in [0.717, 1.165) is 12.8 Å². The van der Waals surface area contributed by atoms with Crippen LogP contribution in [0.5, 0.6) is 0 Å². The fourth-order valence-corrected chi connectivity index (χ4v) is 2.42. The van der Waals surface area contributed by atoms with Crippen LogP contribution < -0.4 is 5.32 Å². The minimum Gasteiger partial charge on any atom is -0.478 e. The van der Waals surface area contributed by atoms with Gasteiger partial charge in [-0.1, -0.05) is 36.5 Å². The van der Waals surface area contributed by atoms with Crippen molar-refractivity contribution in [3.8, 4) is 0 Å². The van der Waals surface area contributed by atoms with Crippen molar-refractivity contribution in [3.05, 3.63) is 27.7 Å². The molecule has 0 spiro atoms. The highest BCUT2D eigenvalue weighted by molar-refractivity contribution is 6.37. The zero-order valence-electron chi connectivity index (χ0n) is 12.1. The molecule has 0 fully saturated rings. The molecule has 5 nitrogen and oxygen atoms in total. The van der Waals surface area contributed by atoms with Gasteiger partial charge < -0.3 is 15.3 Å². The molecule has 0 aliphatic carbocycles. The third kappa shape index (κ3) is 4.51. The Balaban J connectivity index is 3.02. The van der Waals surface area contributed by atoms with Crippen LogP contribution in [-0.2, 0) is 0 Å². The molecule has 21 heavy (non-hydrogen) atoms. The number of carbonyl (C=O) groups excluding carboxylic acids is 1. The minimum absolute atomic E-state index is 0.0364. The lowest BCUT2D eigenvalue weighted by Gasteiger charge is -2.25. The van der Waals surface area contributed by atoms with E-state index in [1.165, 1.54) is 17.0 Å².